The van der Waals surface area contributed by atoms with Crippen LogP contribution in [0.5, 0.6) is 0 Å². The van der Waals surface area contributed by atoms with Crippen LogP contribution in [-0.4, -0.2) is 51.6 Å². The number of pyridine rings is 1. The van der Waals surface area contributed by atoms with Crippen LogP contribution in [0.15, 0.2) is 59.7 Å². The number of nitrogens with one attached hydrogen (secondary N) is 1. The lowest BCUT2D eigenvalue weighted by Crippen LogP contribution is -2.48. The summed E-state index contributed by atoms with van der Waals surface area (Å²) in [6, 6.07) is 17.0. The average molecular weight is 419 g/mol. The fourth-order valence-electron chi connectivity index (χ4n) is 4.69. The second-order valence-corrected chi connectivity index (χ2v) is 8.30. The van der Waals surface area contributed by atoms with E-state index in [-0.39, 0.29) is 0 Å². The van der Waals surface area contributed by atoms with Crippen LogP contribution in [0.1, 0.15) is 50.4 Å². The molecule has 6 heteroatoms. The summed E-state index contributed by atoms with van der Waals surface area (Å²) in [6.45, 7) is 8.26. The van der Waals surface area contributed by atoms with Crippen molar-refractivity contribution in [3.05, 3.63) is 66.1 Å². The van der Waals surface area contributed by atoms with Crippen molar-refractivity contribution in [2.75, 3.05) is 26.2 Å². The Morgan fingerprint density at radius 3 is 2.74 bits per heavy atom. The Morgan fingerprint density at radius 1 is 1.10 bits per heavy atom. The summed E-state index contributed by atoms with van der Waals surface area (Å²) in [7, 11) is 0. The normalized spacial score (nSPS) is 19.7. The third-order valence-electron chi connectivity index (χ3n) is 6.32. The van der Waals surface area contributed by atoms with Gasteiger partial charge in [0, 0.05) is 38.8 Å². The van der Waals surface area contributed by atoms with Crippen LogP contribution in [0.4, 0.5) is 0 Å². The molecule has 0 bridgehead atoms. The Hall–Kier alpha value is -2.89. The van der Waals surface area contributed by atoms with E-state index in [4.69, 9.17) is 4.99 Å². The number of nitrogens with zero attached hydrogens (tertiary/aromatic N) is 5. The Morgan fingerprint density at radius 2 is 1.94 bits per heavy atom. The first-order chi connectivity index (χ1) is 15.3. The minimum absolute atomic E-state index is 0.645. The highest BCUT2D eigenvalue weighted by Gasteiger charge is 2.30. The van der Waals surface area contributed by atoms with E-state index in [1.807, 2.05) is 24.4 Å². The molecule has 3 heterocycles. The van der Waals surface area contributed by atoms with E-state index in [9.17, 15) is 0 Å². The first kappa shape index (κ1) is 21.3. The number of hydrogen-bond donors (Lipinski definition) is 1. The van der Waals surface area contributed by atoms with Gasteiger partial charge in [-0.25, -0.2) is 0 Å². The third-order valence-corrected chi connectivity index (χ3v) is 6.32. The zero-order chi connectivity index (χ0) is 21.5. The Bertz CT molecular complexity index is 980. The van der Waals surface area contributed by atoms with Gasteiger partial charge in [0.25, 0.3) is 0 Å². The number of aryl methyl sites for hydroxylation is 1. The number of benzene rings is 1. The lowest BCUT2D eigenvalue weighted by molar-refractivity contribution is 0.215. The highest BCUT2D eigenvalue weighted by Crippen LogP contribution is 2.34. The standard InChI is InChI=1S/C25H34N6/c1-3-20-19-30(18-15-22(20)21-11-6-5-7-12-21)25(26-4-2)27-16-10-14-24-29-28-23-13-8-9-17-31(23)24/h5-9,11-13,17,20,22H,3-4,10,14-16,18-19H2,1-2H3,(H,26,27). The van der Waals surface area contributed by atoms with Crippen LogP contribution < -0.4 is 5.32 Å². The van der Waals surface area contributed by atoms with Crippen LogP contribution in [0, 0.1) is 5.92 Å². The topological polar surface area (TPSA) is 57.8 Å². The van der Waals surface area contributed by atoms with E-state index in [1.165, 1.54) is 18.4 Å². The predicted molar refractivity (Wildman–Crippen MR) is 126 cm³/mol. The van der Waals surface area contributed by atoms with Gasteiger partial charge in [-0.3, -0.25) is 9.39 Å². The van der Waals surface area contributed by atoms with Crippen molar-refractivity contribution >= 4 is 11.6 Å². The molecule has 164 valence electrons. The Labute approximate surface area is 185 Å². The predicted octanol–water partition coefficient (Wildman–Crippen LogP) is 4.14. The van der Waals surface area contributed by atoms with Gasteiger partial charge >= 0.3 is 0 Å². The molecule has 1 aromatic carbocycles. The second-order valence-electron chi connectivity index (χ2n) is 8.30. The van der Waals surface area contributed by atoms with Crippen LogP contribution in [0.25, 0.3) is 5.65 Å². The number of hydrogen-bond acceptors (Lipinski definition) is 3. The van der Waals surface area contributed by atoms with Crippen molar-refractivity contribution in [2.45, 2.75) is 45.4 Å². The lowest BCUT2D eigenvalue weighted by atomic mass is 9.79. The van der Waals surface area contributed by atoms with Gasteiger partial charge in [-0.15, -0.1) is 10.2 Å². The molecule has 1 saturated heterocycles. The fraction of sp³-hybridized carbons (Fsp3) is 0.480. The van der Waals surface area contributed by atoms with E-state index in [0.29, 0.717) is 11.8 Å². The largest absolute Gasteiger partial charge is 0.357 e. The van der Waals surface area contributed by atoms with Gasteiger partial charge in [-0.05, 0) is 49.3 Å². The molecule has 4 rings (SSSR count). The molecule has 1 aliphatic heterocycles. The molecule has 0 saturated carbocycles. The van der Waals surface area contributed by atoms with Gasteiger partial charge in [0.05, 0.1) is 0 Å². The lowest BCUT2D eigenvalue weighted by Gasteiger charge is -2.40. The van der Waals surface area contributed by atoms with Crippen LogP contribution >= 0.6 is 0 Å². The molecule has 0 amide bonds. The molecule has 31 heavy (non-hydrogen) atoms. The molecule has 2 atom stereocenters. The van der Waals surface area contributed by atoms with E-state index in [0.717, 1.165) is 56.5 Å². The van der Waals surface area contributed by atoms with Gasteiger partial charge in [-0.2, -0.15) is 0 Å². The highest BCUT2D eigenvalue weighted by molar-refractivity contribution is 5.80. The monoisotopic (exact) mass is 418 g/mol. The molecule has 2 unspecified atom stereocenters. The molecule has 3 aromatic rings. The number of fused-ring (bicyclic) bond motifs is 1. The van der Waals surface area contributed by atoms with Gasteiger partial charge in [0.15, 0.2) is 11.6 Å². The maximum atomic E-state index is 4.96. The smallest absolute Gasteiger partial charge is 0.193 e. The van der Waals surface area contributed by atoms with E-state index in [2.05, 4.69) is 69.0 Å². The summed E-state index contributed by atoms with van der Waals surface area (Å²) in [4.78, 5) is 7.42. The molecule has 0 aliphatic carbocycles. The van der Waals surface area contributed by atoms with E-state index >= 15 is 0 Å². The summed E-state index contributed by atoms with van der Waals surface area (Å²) < 4.78 is 2.06. The maximum absolute atomic E-state index is 4.96. The van der Waals surface area contributed by atoms with Crippen LogP contribution in [0.2, 0.25) is 0 Å². The molecule has 1 aliphatic rings. The first-order valence-electron chi connectivity index (χ1n) is 11.7. The Kier molecular flexibility index (Phi) is 7.18. The molecule has 0 radical (unpaired) electrons. The van der Waals surface area contributed by atoms with Crippen molar-refractivity contribution in [3.63, 3.8) is 0 Å². The van der Waals surface area contributed by atoms with Crippen molar-refractivity contribution in [2.24, 2.45) is 10.9 Å². The summed E-state index contributed by atoms with van der Waals surface area (Å²) in [5, 5.41) is 12.1. The van der Waals surface area contributed by atoms with E-state index < -0.39 is 0 Å². The summed E-state index contributed by atoms with van der Waals surface area (Å²) in [5.41, 5.74) is 2.39. The molecule has 1 N–H and O–H groups in total. The number of guanidine groups is 1. The summed E-state index contributed by atoms with van der Waals surface area (Å²) >= 11 is 0. The molecule has 1 fully saturated rings. The third kappa shape index (κ3) is 5.06. The minimum Gasteiger partial charge on any atom is -0.357 e. The highest BCUT2D eigenvalue weighted by atomic mass is 15.3. The fourth-order valence-corrected chi connectivity index (χ4v) is 4.69. The number of piperidine rings is 1. The molecular weight excluding hydrogens is 384 g/mol. The number of rotatable bonds is 7. The van der Waals surface area contributed by atoms with Crippen molar-refractivity contribution in [3.8, 4) is 0 Å². The minimum atomic E-state index is 0.645. The molecule has 2 aromatic heterocycles. The van der Waals surface area contributed by atoms with Gasteiger partial charge in [0.2, 0.25) is 0 Å². The second kappa shape index (κ2) is 10.4. The number of aromatic nitrogens is 3. The van der Waals surface area contributed by atoms with Crippen molar-refractivity contribution < 1.29 is 0 Å². The molecule has 6 nitrogen and oxygen atoms in total. The molecule has 0 spiro atoms. The number of aliphatic imine (C=N–C) groups is 1. The zero-order valence-electron chi connectivity index (χ0n) is 18.7. The maximum Gasteiger partial charge on any atom is 0.193 e. The summed E-state index contributed by atoms with van der Waals surface area (Å²) in [5.74, 6) is 3.36. The first-order valence-corrected chi connectivity index (χ1v) is 11.7. The zero-order valence-corrected chi connectivity index (χ0v) is 18.7. The van der Waals surface area contributed by atoms with E-state index in [1.54, 1.807) is 0 Å². The summed E-state index contributed by atoms with van der Waals surface area (Å²) in [6.07, 6.45) is 6.23. The SMILES string of the molecule is CCNC(=NCCCc1nnc2ccccn12)N1CCC(c2ccccc2)C(CC)C1. The van der Waals surface area contributed by atoms with Gasteiger partial charge in [0.1, 0.15) is 5.82 Å². The van der Waals surface area contributed by atoms with Gasteiger partial charge in [-0.1, -0.05) is 49.7 Å². The van der Waals surface area contributed by atoms with Crippen molar-refractivity contribution in [1.29, 1.82) is 0 Å². The van der Waals surface area contributed by atoms with Gasteiger partial charge < -0.3 is 10.2 Å². The van der Waals surface area contributed by atoms with Crippen molar-refractivity contribution in [1.82, 2.24) is 24.8 Å². The number of likely N-dealkylation sites (tertiary alicyclic amines) is 1. The molecular formula is C25H34N6. The quantitative estimate of drug-likeness (QED) is 0.356. The average Bonchev–Trinajstić information content (AvgIpc) is 3.24. The van der Waals surface area contributed by atoms with Crippen LogP contribution in [-0.2, 0) is 6.42 Å². The van der Waals surface area contributed by atoms with Crippen LogP contribution in [0.3, 0.4) is 0 Å². The Balaban J connectivity index is 1.37.